The zero-order chi connectivity index (χ0) is 23.5. The Kier molecular flexibility index (Phi) is 5.95. The Bertz CT molecular complexity index is 1410. The van der Waals surface area contributed by atoms with E-state index in [4.69, 9.17) is 4.74 Å². The second kappa shape index (κ2) is 9.35. The summed E-state index contributed by atoms with van der Waals surface area (Å²) in [4.78, 5) is 31.4. The predicted molar refractivity (Wildman–Crippen MR) is 134 cm³/mol. The minimum atomic E-state index is -0.422. The van der Waals surface area contributed by atoms with Crippen molar-refractivity contribution in [2.45, 2.75) is 19.3 Å². The molecule has 0 saturated heterocycles. The fourth-order valence-corrected chi connectivity index (χ4v) is 4.50. The van der Waals surface area contributed by atoms with Gasteiger partial charge in [-0.2, -0.15) is 0 Å². The average molecular weight is 452 g/mol. The molecule has 1 aromatic heterocycles. The number of carbonyl (C=O) groups excluding carboxylic acids is 1. The van der Waals surface area contributed by atoms with Crippen molar-refractivity contribution in [2.24, 2.45) is 0 Å². The van der Waals surface area contributed by atoms with Gasteiger partial charge in [0, 0.05) is 12.5 Å². The molecule has 5 rings (SSSR count). The van der Waals surface area contributed by atoms with Gasteiger partial charge < -0.3 is 15.0 Å². The first-order valence-electron chi connectivity index (χ1n) is 11.4. The predicted octanol–water partition coefficient (Wildman–Crippen LogP) is 5.17. The largest absolute Gasteiger partial charge is 0.449 e. The van der Waals surface area contributed by atoms with Crippen molar-refractivity contribution in [3.63, 3.8) is 0 Å². The van der Waals surface area contributed by atoms with Crippen molar-refractivity contribution in [1.29, 1.82) is 0 Å². The van der Waals surface area contributed by atoms with Gasteiger partial charge in [0.05, 0.1) is 10.9 Å². The first kappa shape index (κ1) is 21.6. The van der Waals surface area contributed by atoms with Crippen molar-refractivity contribution in [3.8, 4) is 11.1 Å². The zero-order valence-corrected chi connectivity index (χ0v) is 18.9. The third kappa shape index (κ3) is 4.35. The van der Waals surface area contributed by atoms with Crippen molar-refractivity contribution in [2.75, 3.05) is 13.2 Å². The second-order valence-corrected chi connectivity index (χ2v) is 8.37. The van der Waals surface area contributed by atoms with Crippen LogP contribution in [0.4, 0.5) is 4.79 Å². The van der Waals surface area contributed by atoms with Crippen LogP contribution in [0, 0.1) is 6.92 Å². The molecule has 170 valence electrons. The van der Waals surface area contributed by atoms with Gasteiger partial charge in [-0.25, -0.2) is 9.78 Å². The highest BCUT2D eigenvalue weighted by atomic mass is 16.5. The molecule has 34 heavy (non-hydrogen) atoms. The Hall–Kier alpha value is -4.19. The molecule has 2 N–H and O–H groups in total. The summed E-state index contributed by atoms with van der Waals surface area (Å²) in [5, 5.41) is 3.37. The number of amides is 1. The maximum absolute atomic E-state index is 12.3. The van der Waals surface area contributed by atoms with E-state index in [2.05, 4.69) is 39.6 Å². The summed E-state index contributed by atoms with van der Waals surface area (Å²) in [5.41, 5.74) is 6.24. The van der Waals surface area contributed by atoms with Gasteiger partial charge in [-0.05, 0) is 53.3 Å². The fourth-order valence-electron chi connectivity index (χ4n) is 4.50. The third-order valence-electron chi connectivity index (χ3n) is 6.08. The molecule has 0 spiro atoms. The summed E-state index contributed by atoms with van der Waals surface area (Å²) in [6.45, 7) is 2.52. The number of hydrogen-bond acceptors (Lipinski definition) is 4. The average Bonchev–Trinajstić information content (AvgIpc) is 3.16. The molecule has 3 aromatic carbocycles. The molecule has 1 heterocycles. The maximum Gasteiger partial charge on any atom is 0.407 e. The summed E-state index contributed by atoms with van der Waals surface area (Å²) in [7, 11) is 0. The van der Waals surface area contributed by atoms with Crippen LogP contribution in [0.25, 0.3) is 28.1 Å². The minimum Gasteiger partial charge on any atom is -0.449 e. The second-order valence-electron chi connectivity index (χ2n) is 8.37. The smallest absolute Gasteiger partial charge is 0.407 e. The van der Waals surface area contributed by atoms with Crippen molar-refractivity contribution >= 4 is 23.1 Å². The molecule has 0 aliphatic heterocycles. The molecule has 4 aromatic rings. The molecule has 0 bridgehead atoms. The van der Waals surface area contributed by atoms with Gasteiger partial charge in [0.25, 0.3) is 5.56 Å². The maximum atomic E-state index is 12.3. The van der Waals surface area contributed by atoms with E-state index in [-0.39, 0.29) is 11.5 Å². The molecule has 1 amide bonds. The Morgan fingerprint density at radius 1 is 1.06 bits per heavy atom. The topological polar surface area (TPSA) is 84.1 Å². The molecule has 0 radical (unpaired) electrons. The Morgan fingerprint density at radius 3 is 2.50 bits per heavy atom. The number of nitrogens with zero attached hydrogens (tertiary/aromatic N) is 1. The first-order valence-corrected chi connectivity index (χ1v) is 11.4. The Balaban J connectivity index is 1.13. The quantitative estimate of drug-likeness (QED) is 0.396. The number of alkyl carbamates (subject to hydrolysis) is 1. The number of ether oxygens (including phenoxy) is 1. The molecule has 0 fully saturated rings. The normalized spacial score (nSPS) is 12.6. The molecular weight excluding hydrogens is 426 g/mol. The van der Waals surface area contributed by atoms with E-state index in [1.54, 1.807) is 6.92 Å². The van der Waals surface area contributed by atoms with E-state index in [1.165, 1.54) is 22.3 Å². The summed E-state index contributed by atoms with van der Waals surface area (Å²) in [6.07, 6.45) is 4.11. The summed E-state index contributed by atoms with van der Waals surface area (Å²) in [6, 6.07) is 22.1. The molecule has 6 nitrogen and oxygen atoms in total. The number of nitrogens with one attached hydrogen (secondary N) is 2. The fraction of sp³-hybridized carbons (Fsp3) is 0.179. The van der Waals surface area contributed by atoms with Crippen molar-refractivity contribution in [1.82, 2.24) is 15.3 Å². The van der Waals surface area contributed by atoms with Gasteiger partial charge in [0.2, 0.25) is 0 Å². The highest BCUT2D eigenvalue weighted by molar-refractivity contribution is 5.80. The van der Waals surface area contributed by atoms with Crippen LogP contribution in [0.5, 0.6) is 0 Å². The standard InChI is InChI=1S/C28H25N3O3/c1-18-30-26-14-13-19(16-24(26)27(32)31-18)8-6-7-15-29-28(33)34-17-25-22-11-4-2-9-20(22)21-10-3-5-12-23(21)25/h2-6,8-14,16,25H,7,15,17H2,1H3,(H,29,33)(H,30,31,32). The third-order valence-corrected chi connectivity index (χ3v) is 6.08. The van der Waals surface area contributed by atoms with Crippen LogP contribution in [0.2, 0.25) is 0 Å². The molecule has 0 unspecified atom stereocenters. The number of hydrogen-bond donors (Lipinski definition) is 2. The minimum absolute atomic E-state index is 0.0485. The zero-order valence-electron chi connectivity index (χ0n) is 18.9. The van der Waals surface area contributed by atoms with Gasteiger partial charge in [-0.1, -0.05) is 66.7 Å². The monoisotopic (exact) mass is 451 g/mol. The van der Waals surface area contributed by atoms with Gasteiger partial charge in [0.15, 0.2) is 0 Å². The summed E-state index contributed by atoms with van der Waals surface area (Å²) in [5.74, 6) is 0.646. The van der Waals surface area contributed by atoms with E-state index in [1.807, 2.05) is 54.6 Å². The Labute approximate surface area is 197 Å². The molecule has 1 aliphatic carbocycles. The van der Waals surface area contributed by atoms with Gasteiger partial charge >= 0.3 is 6.09 Å². The number of carbonyl (C=O) groups is 1. The van der Waals surface area contributed by atoms with Crippen LogP contribution in [-0.4, -0.2) is 29.2 Å². The van der Waals surface area contributed by atoms with Crippen LogP contribution in [0.15, 0.2) is 77.6 Å². The highest BCUT2D eigenvalue weighted by Gasteiger charge is 2.28. The molecular formula is C28H25N3O3. The van der Waals surface area contributed by atoms with Crippen LogP contribution in [-0.2, 0) is 4.74 Å². The SMILES string of the molecule is Cc1nc2ccc(C=CCCNC(=O)OCC3c4ccccc4-c4ccccc43)cc2c(=O)[nH]1. The van der Waals surface area contributed by atoms with Gasteiger partial charge in [0.1, 0.15) is 12.4 Å². The van der Waals surface area contributed by atoms with E-state index in [0.717, 1.165) is 5.56 Å². The lowest BCUT2D eigenvalue weighted by Gasteiger charge is -2.14. The lowest BCUT2D eigenvalue weighted by Crippen LogP contribution is -2.26. The number of fused-ring (bicyclic) bond motifs is 4. The van der Waals surface area contributed by atoms with Gasteiger partial charge in [-0.3, -0.25) is 4.79 Å². The molecule has 6 heteroatoms. The van der Waals surface area contributed by atoms with Crippen LogP contribution in [0.3, 0.4) is 0 Å². The van der Waals surface area contributed by atoms with Crippen LogP contribution in [0.1, 0.15) is 34.9 Å². The summed E-state index contributed by atoms with van der Waals surface area (Å²) >= 11 is 0. The van der Waals surface area contributed by atoms with E-state index < -0.39 is 6.09 Å². The van der Waals surface area contributed by atoms with Crippen molar-refractivity contribution < 1.29 is 9.53 Å². The molecule has 0 saturated carbocycles. The lowest BCUT2D eigenvalue weighted by atomic mass is 9.98. The molecule has 0 atom stereocenters. The first-order chi connectivity index (χ1) is 16.6. The van der Waals surface area contributed by atoms with E-state index >= 15 is 0 Å². The highest BCUT2D eigenvalue weighted by Crippen LogP contribution is 2.44. The van der Waals surface area contributed by atoms with E-state index in [0.29, 0.717) is 36.3 Å². The van der Waals surface area contributed by atoms with E-state index in [9.17, 15) is 9.59 Å². The number of aryl methyl sites for hydroxylation is 1. The number of aromatic nitrogens is 2. The van der Waals surface area contributed by atoms with Crippen LogP contribution >= 0.6 is 0 Å². The van der Waals surface area contributed by atoms with Gasteiger partial charge in [-0.15, -0.1) is 0 Å². The number of aromatic amines is 1. The van der Waals surface area contributed by atoms with Crippen molar-refractivity contribution in [3.05, 3.63) is 106 Å². The Morgan fingerprint density at radius 2 is 1.76 bits per heavy atom. The number of rotatable bonds is 6. The lowest BCUT2D eigenvalue weighted by molar-refractivity contribution is 0.143. The number of H-pyrrole nitrogens is 1. The molecule has 1 aliphatic rings. The number of benzene rings is 3. The van der Waals surface area contributed by atoms with Crippen LogP contribution < -0.4 is 10.9 Å². The summed E-state index contributed by atoms with van der Waals surface area (Å²) < 4.78 is 5.56.